The van der Waals surface area contributed by atoms with Gasteiger partial charge in [0.25, 0.3) is 5.91 Å². The molecule has 0 bridgehead atoms. The molecule has 1 aliphatic carbocycles. The van der Waals surface area contributed by atoms with Crippen molar-refractivity contribution in [1.29, 1.82) is 0 Å². The van der Waals surface area contributed by atoms with Crippen LogP contribution in [0.5, 0.6) is 0 Å². The van der Waals surface area contributed by atoms with E-state index in [0.29, 0.717) is 5.69 Å². The van der Waals surface area contributed by atoms with E-state index in [9.17, 15) is 30.0 Å². The lowest BCUT2D eigenvalue weighted by atomic mass is 9.87. The number of nitrogen functional groups attached to an aromatic ring is 1. The van der Waals surface area contributed by atoms with Crippen LogP contribution in [0.2, 0.25) is 0 Å². The van der Waals surface area contributed by atoms with Crippen LogP contribution in [-0.4, -0.2) is 37.3 Å². The zero-order chi connectivity index (χ0) is 26.9. The fraction of sp³-hybridized carbons (Fsp3) is 0.350. The molecule has 1 amide bonds. The first kappa shape index (κ1) is 27.8. The molecular formula is C20H28N6O7S3. The Morgan fingerprint density at radius 3 is 1.97 bits per heavy atom. The molecule has 1 atom stereocenters. The first-order valence-electron chi connectivity index (χ1n) is 10.8. The number of carbonyl (C=O) groups is 1. The van der Waals surface area contributed by atoms with E-state index in [1.165, 1.54) is 30.7 Å². The molecule has 1 heterocycles. The monoisotopic (exact) mass is 560 g/mol. The first-order valence-corrected chi connectivity index (χ1v) is 15.3. The van der Waals surface area contributed by atoms with Crippen molar-refractivity contribution in [3.05, 3.63) is 42.0 Å². The summed E-state index contributed by atoms with van der Waals surface area (Å²) in [6.45, 7) is 0. The average Bonchev–Trinajstić information content (AvgIpc) is 2.78. The molecule has 2 aromatic rings. The molecule has 2 aromatic carbocycles. The number of primary sulfonamides is 2. The van der Waals surface area contributed by atoms with Gasteiger partial charge < -0.3 is 16.8 Å². The third kappa shape index (κ3) is 6.51. The van der Waals surface area contributed by atoms with E-state index in [4.69, 9.17) is 21.7 Å². The number of anilines is 2. The molecule has 4 rings (SSSR count). The van der Waals surface area contributed by atoms with Crippen molar-refractivity contribution in [2.45, 2.75) is 53.0 Å². The SMILES string of the molecule is NC(=O)c1ccc(S(N)(=O)=O)cc1N.NS(=O)(=O)c1ccc2c(c1)S(=O)(=O)NC(C1CCCCC1)N2. The van der Waals surface area contributed by atoms with Crippen LogP contribution in [0.25, 0.3) is 0 Å². The van der Waals surface area contributed by atoms with Crippen LogP contribution in [-0.2, 0) is 30.1 Å². The number of sulfonamides is 3. The third-order valence-corrected chi connectivity index (χ3v) is 9.21. The van der Waals surface area contributed by atoms with Gasteiger partial charge in [0, 0.05) is 5.69 Å². The van der Waals surface area contributed by atoms with E-state index in [-0.39, 0.29) is 38.0 Å². The molecule has 1 unspecified atom stereocenters. The molecule has 2 aliphatic rings. The highest BCUT2D eigenvalue weighted by Gasteiger charge is 2.34. The summed E-state index contributed by atoms with van der Waals surface area (Å²) in [7, 11) is -11.5. The predicted octanol–water partition coefficient (Wildman–Crippen LogP) is -0.0407. The summed E-state index contributed by atoms with van der Waals surface area (Å²) in [5.41, 5.74) is 10.8. The molecule has 1 saturated carbocycles. The summed E-state index contributed by atoms with van der Waals surface area (Å²) in [5, 5.41) is 13.1. The van der Waals surface area contributed by atoms with Gasteiger partial charge in [0.05, 0.1) is 27.2 Å². The Morgan fingerprint density at radius 1 is 0.889 bits per heavy atom. The smallest absolute Gasteiger partial charge is 0.250 e. The van der Waals surface area contributed by atoms with Crippen LogP contribution >= 0.6 is 0 Å². The molecule has 0 radical (unpaired) electrons. The number of hydrogen-bond donors (Lipinski definition) is 6. The summed E-state index contributed by atoms with van der Waals surface area (Å²) >= 11 is 0. The van der Waals surface area contributed by atoms with Crippen molar-refractivity contribution >= 4 is 47.4 Å². The van der Waals surface area contributed by atoms with Crippen LogP contribution in [0.4, 0.5) is 11.4 Å². The number of hydrogen-bond acceptors (Lipinski definition) is 9. The molecule has 0 saturated heterocycles. The lowest BCUT2D eigenvalue weighted by Gasteiger charge is -2.35. The molecule has 13 nitrogen and oxygen atoms in total. The highest BCUT2D eigenvalue weighted by atomic mass is 32.2. The number of fused-ring (bicyclic) bond motifs is 1. The third-order valence-electron chi connectivity index (χ3n) is 5.90. The number of amides is 1. The largest absolute Gasteiger partial charge is 0.398 e. The Morgan fingerprint density at radius 2 is 1.44 bits per heavy atom. The molecule has 0 spiro atoms. The van der Waals surface area contributed by atoms with Gasteiger partial charge in [-0.25, -0.2) is 35.5 Å². The van der Waals surface area contributed by atoms with Crippen molar-refractivity contribution in [2.75, 3.05) is 11.1 Å². The summed E-state index contributed by atoms with van der Waals surface area (Å²) in [5.74, 6) is -0.474. The van der Waals surface area contributed by atoms with Crippen LogP contribution in [0.15, 0.2) is 51.1 Å². The van der Waals surface area contributed by atoms with Crippen LogP contribution in [0.1, 0.15) is 42.5 Å². The van der Waals surface area contributed by atoms with Gasteiger partial charge in [-0.1, -0.05) is 19.3 Å². The Bertz CT molecular complexity index is 1490. The number of benzene rings is 2. The summed E-state index contributed by atoms with van der Waals surface area (Å²) < 4.78 is 72.0. The molecule has 1 aliphatic heterocycles. The molecular weight excluding hydrogens is 532 g/mol. The normalized spacial score (nSPS) is 19.8. The highest BCUT2D eigenvalue weighted by Crippen LogP contribution is 2.34. The van der Waals surface area contributed by atoms with E-state index in [1.54, 1.807) is 0 Å². The lowest BCUT2D eigenvalue weighted by molar-refractivity contribution is 0.100. The molecule has 1 fully saturated rings. The number of carbonyl (C=O) groups excluding carboxylic acids is 1. The zero-order valence-corrected chi connectivity index (χ0v) is 21.5. The van der Waals surface area contributed by atoms with Gasteiger partial charge in [-0.05, 0) is 55.2 Å². The molecule has 0 aromatic heterocycles. The minimum absolute atomic E-state index is 0.0102. The maximum Gasteiger partial charge on any atom is 0.250 e. The van der Waals surface area contributed by atoms with E-state index in [2.05, 4.69) is 10.0 Å². The molecule has 36 heavy (non-hydrogen) atoms. The van der Waals surface area contributed by atoms with Gasteiger partial charge in [0.15, 0.2) is 0 Å². The number of nitrogens with one attached hydrogen (secondary N) is 2. The first-order chi connectivity index (χ1) is 16.6. The number of nitrogens with two attached hydrogens (primary N) is 4. The fourth-order valence-electron chi connectivity index (χ4n) is 4.07. The van der Waals surface area contributed by atoms with Crippen LogP contribution in [0, 0.1) is 5.92 Å². The minimum Gasteiger partial charge on any atom is -0.398 e. The quantitative estimate of drug-likeness (QED) is 0.274. The summed E-state index contributed by atoms with van der Waals surface area (Å²) in [6.07, 6.45) is 4.99. The molecule has 198 valence electrons. The molecule has 10 N–H and O–H groups in total. The minimum atomic E-state index is -3.94. The second-order valence-electron chi connectivity index (χ2n) is 8.50. The van der Waals surface area contributed by atoms with Crippen molar-refractivity contribution in [1.82, 2.24) is 4.72 Å². The van der Waals surface area contributed by atoms with Gasteiger partial charge in [0.1, 0.15) is 4.90 Å². The van der Waals surface area contributed by atoms with Crippen LogP contribution < -0.4 is 31.8 Å². The fourth-order valence-corrected chi connectivity index (χ4v) is 6.65. The van der Waals surface area contributed by atoms with Gasteiger partial charge in [-0.3, -0.25) is 4.79 Å². The van der Waals surface area contributed by atoms with Crippen molar-refractivity contribution in [2.24, 2.45) is 21.9 Å². The Hall–Kier alpha value is -2.76. The van der Waals surface area contributed by atoms with E-state index in [0.717, 1.165) is 37.8 Å². The second kappa shape index (κ2) is 10.3. The standard InChI is InChI=1S/C13H19N3O4S2.C7H9N3O3S/c14-21(17,18)10-6-7-11-12(8-10)22(19,20)16-13(15-11)9-4-2-1-3-5-9;8-6-3-4(14(10,12)13)1-2-5(6)7(9)11/h6-9,13,15-16H,1-5H2,(H2,14,17,18);1-3H,8H2,(H2,9,11)(H2,10,12,13). The summed E-state index contributed by atoms with van der Waals surface area (Å²) in [6, 6.07) is 7.36. The van der Waals surface area contributed by atoms with Crippen molar-refractivity contribution < 1.29 is 30.0 Å². The Labute approximate surface area is 209 Å². The Balaban J connectivity index is 0.000000223. The zero-order valence-electron chi connectivity index (χ0n) is 19.0. The number of rotatable bonds is 4. The number of primary amides is 1. The van der Waals surface area contributed by atoms with E-state index in [1.807, 2.05) is 0 Å². The maximum absolute atomic E-state index is 12.4. The highest BCUT2D eigenvalue weighted by molar-refractivity contribution is 7.90. The maximum atomic E-state index is 12.4. The van der Waals surface area contributed by atoms with Gasteiger partial charge >= 0.3 is 0 Å². The van der Waals surface area contributed by atoms with Crippen molar-refractivity contribution in [3.63, 3.8) is 0 Å². The second-order valence-corrected chi connectivity index (χ2v) is 13.3. The van der Waals surface area contributed by atoms with Gasteiger partial charge in [0.2, 0.25) is 30.1 Å². The van der Waals surface area contributed by atoms with E-state index < -0.39 is 36.0 Å². The Kier molecular flexibility index (Phi) is 7.97. The van der Waals surface area contributed by atoms with E-state index >= 15 is 0 Å². The van der Waals surface area contributed by atoms with Crippen molar-refractivity contribution in [3.8, 4) is 0 Å². The lowest BCUT2D eigenvalue weighted by Crippen LogP contribution is -2.49. The summed E-state index contributed by atoms with van der Waals surface area (Å²) in [4.78, 5) is 10.3. The molecule has 16 heteroatoms. The predicted molar refractivity (Wildman–Crippen MR) is 133 cm³/mol. The van der Waals surface area contributed by atoms with Crippen LogP contribution in [0.3, 0.4) is 0 Å². The van der Waals surface area contributed by atoms with Gasteiger partial charge in [-0.15, -0.1) is 0 Å². The van der Waals surface area contributed by atoms with Gasteiger partial charge in [-0.2, -0.15) is 4.72 Å². The average molecular weight is 561 g/mol. The topological polar surface area (TPSA) is 248 Å².